The van der Waals surface area contributed by atoms with Crippen molar-refractivity contribution in [3.8, 4) is 11.3 Å². The summed E-state index contributed by atoms with van der Waals surface area (Å²) in [7, 11) is -3.35. The normalized spacial score (nSPS) is 14.1. The van der Waals surface area contributed by atoms with E-state index in [0.29, 0.717) is 23.4 Å². The van der Waals surface area contributed by atoms with E-state index in [4.69, 9.17) is 0 Å². The second-order valence-electron chi connectivity index (χ2n) is 7.25. The molecule has 8 nitrogen and oxygen atoms in total. The molecule has 1 saturated carbocycles. The van der Waals surface area contributed by atoms with Crippen LogP contribution in [0.1, 0.15) is 32.6 Å². The lowest BCUT2D eigenvalue weighted by Crippen LogP contribution is -2.16. The Kier molecular flexibility index (Phi) is 5.23. The number of anilines is 2. The van der Waals surface area contributed by atoms with Crippen LogP contribution in [0.2, 0.25) is 0 Å². The fraction of sp³-hybridized carbons (Fsp3) is 0.350. The number of H-pyrrole nitrogens is 1. The van der Waals surface area contributed by atoms with Gasteiger partial charge in [-0.1, -0.05) is 25.5 Å². The summed E-state index contributed by atoms with van der Waals surface area (Å²) in [5.74, 6) is 0.363. The van der Waals surface area contributed by atoms with Crippen LogP contribution in [0.4, 0.5) is 11.6 Å². The second kappa shape index (κ2) is 7.82. The largest absolute Gasteiger partial charge is 0.346 e. The van der Waals surface area contributed by atoms with Gasteiger partial charge in [-0.3, -0.25) is 14.8 Å². The summed E-state index contributed by atoms with van der Waals surface area (Å²) in [4.78, 5) is 24.1. The van der Waals surface area contributed by atoms with Crippen LogP contribution in [0, 0.1) is 5.92 Å². The molecule has 1 amide bonds. The first kappa shape index (κ1) is 19.4. The Morgan fingerprint density at radius 3 is 2.62 bits per heavy atom. The number of nitrogens with zero attached hydrogens (tertiary/aromatic N) is 2. The van der Waals surface area contributed by atoms with E-state index in [2.05, 4.69) is 25.0 Å². The van der Waals surface area contributed by atoms with Gasteiger partial charge >= 0.3 is 0 Å². The van der Waals surface area contributed by atoms with Crippen LogP contribution in [0.25, 0.3) is 22.3 Å². The highest BCUT2D eigenvalue weighted by molar-refractivity contribution is 7.92. The van der Waals surface area contributed by atoms with Crippen molar-refractivity contribution in [3.05, 3.63) is 36.5 Å². The van der Waals surface area contributed by atoms with E-state index in [9.17, 15) is 13.2 Å². The van der Waals surface area contributed by atoms with Gasteiger partial charge in [0.1, 0.15) is 5.65 Å². The highest BCUT2D eigenvalue weighted by Gasteiger charge is 2.30. The van der Waals surface area contributed by atoms with Crippen LogP contribution in [0.5, 0.6) is 0 Å². The van der Waals surface area contributed by atoms with E-state index in [-0.39, 0.29) is 23.5 Å². The molecule has 152 valence electrons. The maximum Gasteiger partial charge on any atom is 0.232 e. The molecule has 0 aliphatic heterocycles. The van der Waals surface area contributed by atoms with E-state index in [1.54, 1.807) is 30.5 Å². The molecule has 0 spiro atoms. The van der Waals surface area contributed by atoms with E-state index >= 15 is 0 Å². The minimum Gasteiger partial charge on any atom is -0.346 e. The highest BCUT2D eigenvalue weighted by Crippen LogP contribution is 2.31. The molecular formula is C20H23N5O3S. The third-order valence-electron chi connectivity index (χ3n) is 4.80. The molecule has 1 fully saturated rings. The van der Waals surface area contributed by atoms with Gasteiger partial charge in [0.05, 0.1) is 11.4 Å². The molecule has 0 unspecified atom stereocenters. The highest BCUT2D eigenvalue weighted by atomic mass is 32.2. The standard InChI is InChI=1S/C20H23N5O3S/c1-2-3-12-29(27,28)25-15-8-6-13(7-9-15)17-16-10-11-21-18(16)23-20(22-17)24-19(26)14-4-5-14/h6-11,14,25H,2-5,12H2,1H3,(H2,21,22,23,24,26). The van der Waals surface area contributed by atoms with Crippen molar-refractivity contribution in [3.63, 3.8) is 0 Å². The lowest BCUT2D eigenvalue weighted by molar-refractivity contribution is -0.117. The van der Waals surface area contributed by atoms with Crippen LogP contribution >= 0.6 is 0 Å². The van der Waals surface area contributed by atoms with Gasteiger partial charge in [-0.05, 0) is 37.5 Å². The predicted molar refractivity (Wildman–Crippen MR) is 113 cm³/mol. The molecule has 1 aliphatic carbocycles. The number of benzene rings is 1. The van der Waals surface area contributed by atoms with Crippen molar-refractivity contribution in [1.82, 2.24) is 15.0 Å². The summed E-state index contributed by atoms with van der Waals surface area (Å²) in [5, 5.41) is 3.61. The number of nitrogens with one attached hydrogen (secondary N) is 3. The van der Waals surface area contributed by atoms with Crippen LogP contribution in [-0.2, 0) is 14.8 Å². The molecule has 29 heavy (non-hydrogen) atoms. The molecule has 2 aromatic heterocycles. The summed E-state index contributed by atoms with van der Waals surface area (Å²) in [6.45, 7) is 1.95. The summed E-state index contributed by atoms with van der Waals surface area (Å²) < 4.78 is 26.8. The fourth-order valence-electron chi connectivity index (χ4n) is 3.04. The maximum atomic E-state index is 12.1. The zero-order valence-corrected chi connectivity index (χ0v) is 16.9. The number of aromatic amines is 1. The van der Waals surface area contributed by atoms with Crippen LogP contribution in [0.15, 0.2) is 36.5 Å². The molecular weight excluding hydrogens is 390 g/mol. The predicted octanol–water partition coefficient (Wildman–Crippen LogP) is 3.52. The zero-order chi connectivity index (χ0) is 20.4. The van der Waals surface area contributed by atoms with Crippen molar-refractivity contribution in [2.24, 2.45) is 5.92 Å². The number of fused-ring (bicyclic) bond motifs is 1. The Hall–Kier alpha value is -2.94. The number of sulfonamides is 1. The number of aromatic nitrogens is 3. The van der Waals surface area contributed by atoms with Crippen LogP contribution in [0.3, 0.4) is 0 Å². The minimum atomic E-state index is -3.35. The Morgan fingerprint density at radius 1 is 1.17 bits per heavy atom. The zero-order valence-electron chi connectivity index (χ0n) is 16.1. The lowest BCUT2D eigenvalue weighted by atomic mass is 10.1. The molecule has 3 N–H and O–H groups in total. The first-order chi connectivity index (χ1) is 13.9. The molecule has 0 atom stereocenters. The molecule has 2 heterocycles. The fourth-order valence-corrected chi connectivity index (χ4v) is 4.30. The van der Waals surface area contributed by atoms with Gasteiger partial charge in [-0.15, -0.1) is 0 Å². The first-order valence-electron chi connectivity index (χ1n) is 9.72. The molecule has 1 aromatic carbocycles. The maximum absolute atomic E-state index is 12.1. The van der Waals surface area contributed by atoms with Gasteiger partial charge in [-0.2, -0.15) is 4.98 Å². The van der Waals surface area contributed by atoms with E-state index < -0.39 is 10.0 Å². The van der Waals surface area contributed by atoms with Crippen molar-refractivity contribution >= 4 is 38.6 Å². The molecule has 0 saturated heterocycles. The van der Waals surface area contributed by atoms with Crippen molar-refractivity contribution in [2.45, 2.75) is 32.6 Å². The quantitative estimate of drug-likeness (QED) is 0.522. The van der Waals surface area contributed by atoms with E-state index in [1.165, 1.54) is 0 Å². The van der Waals surface area contributed by atoms with Gasteiger partial charge in [0.25, 0.3) is 0 Å². The number of hydrogen-bond donors (Lipinski definition) is 3. The summed E-state index contributed by atoms with van der Waals surface area (Å²) in [6.07, 6.45) is 5.01. The van der Waals surface area contributed by atoms with Gasteiger partial charge in [0.2, 0.25) is 21.9 Å². The average Bonchev–Trinajstić information content (AvgIpc) is 3.44. The number of rotatable bonds is 8. The van der Waals surface area contributed by atoms with Crippen molar-refractivity contribution in [2.75, 3.05) is 15.8 Å². The molecule has 1 aliphatic rings. The van der Waals surface area contributed by atoms with Crippen molar-refractivity contribution < 1.29 is 13.2 Å². The van der Waals surface area contributed by atoms with E-state index in [1.807, 2.05) is 13.0 Å². The van der Waals surface area contributed by atoms with Crippen molar-refractivity contribution in [1.29, 1.82) is 0 Å². The SMILES string of the molecule is CCCCS(=O)(=O)Nc1ccc(-c2nc(NC(=O)C3CC3)nc3[nH]ccc23)cc1. The van der Waals surface area contributed by atoms with Gasteiger partial charge in [-0.25, -0.2) is 13.4 Å². The number of carbonyl (C=O) groups is 1. The third kappa shape index (κ3) is 4.56. The Morgan fingerprint density at radius 2 is 1.93 bits per heavy atom. The number of hydrogen-bond acceptors (Lipinski definition) is 5. The average molecular weight is 414 g/mol. The lowest BCUT2D eigenvalue weighted by Gasteiger charge is -2.10. The number of amides is 1. The second-order valence-corrected chi connectivity index (χ2v) is 9.09. The van der Waals surface area contributed by atoms with Gasteiger partial charge < -0.3 is 4.98 Å². The van der Waals surface area contributed by atoms with Gasteiger partial charge in [0.15, 0.2) is 0 Å². The number of carbonyl (C=O) groups excluding carboxylic acids is 1. The van der Waals surface area contributed by atoms with Gasteiger partial charge in [0, 0.05) is 28.8 Å². The Labute approximate surface area is 169 Å². The summed E-state index contributed by atoms with van der Waals surface area (Å²) in [5.41, 5.74) is 2.61. The van der Waals surface area contributed by atoms with Crippen LogP contribution in [-0.4, -0.2) is 35.0 Å². The summed E-state index contributed by atoms with van der Waals surface area (Å²) in [6, 6.07) is 8.90. The summed E-state index contributed by atoms with van der Waals surface area (Å²) >= 11 is 0. The van der Waals surface area contributed by atoms with E-state index in [0.717, 1.165) is 30.2 Å². The first-order valence-corrected chi connectivity index (χ1v) is 11.4. The Balaban J connectivity index is 1.60. The Bertz CT molecular complexity index is 1130. The molecule has 0 bridgehead atoms. The molecule has 3 aromatic rings. The molecule has 4 rings (SSSR count). The molecule has 9 heteroatoms. The number of unbranched alkanes of at least 4 members (excludes halogenated alkanes) is 1. The monoisotopic (exact) mass is 413 g/mol. The molecule has 0 radical (unpaired) electrons. The topological polar surface area (TPSA) is 117 Å². The smallest absolute Gasteiger partial charge is 0.232 e. The minimum absolute atomic E-state index is 0.0568. The van der Waals surface area contributed by atoms with Crippen LogP contribution < -0.4 is 10.0 Å². The third-order valence-corrected chi connectivity index (χ3v) is 6.17.